The first-order valence-electron chi connectivity index (χ1n) is 8.96. The summed E-state index contributed by atoms with van der Waals surface area (Å²) in [6.45, 7) is 4.16. The molecule has 3 aromatic rings. The van der Waals surface area contributed by atoms with Crippen LogP contribution >= 0.6 is 58.2 Å². The third-order valence-corrected chi connectivity index (χ3v) is 6.27. The second-order valence-electron chi connectivity index (χ2n) is 6.24. The number of nitrogens with one attached hydrogen (secondary N) is 1. The van der Waals surface area contributed by atoms with Crippen molar-refractivity contribution >= 4 is 69.8 Å². The Morgan fingerprint density at radius 3 is 2.59 bits per heavy atom. The lowest BCUT2D eigenvalue weighted by molar-refractivity contribution is -0.113. The predicted octanol–water partition coefficient (Wildman–Crippen LogP) is 6.53. The lowest BCUT2D eigenvalue weighted by Gasteiger charge is -2.11. The minimum Gasteiger partial charge on any atom is -0.484 e. The summed E-state index contributed by atoms with van der Waals surface area (Å²) in [6, 6.07) is 6.76. The molecule has 0 saturated carbocycles. The van der Waals surface area contributed by atoms with Crippen LogP contribution in [0.4, 0.5) is 10.1 Å². The largest absolute Gasteiger partial charge is 0.484 e. The zero-order chi connectivity index (χ0) is 23.3. The number of anilines is 1. The minimum absolute atomic E-state index is 0.0382. The molecule has 1 heterocycles. The second-order valence-corrected chi connectivity index (χ2v) is 8.82. The molecule has 3 rings (SSSR count). The van der Waals surface area contributed by atoms with E-state index in [-0.39, 0.29) is 33.3 Å². The van der Waals surface area contributed by atoms with E-state index in [9.17, 15) is 9.18 Å². The molecule has 12 heteroatoms. The van der Waals surface area contributed by atoms with E-state index < -0.39 is 5.82 Å². The van der Waals surface area contributed by atoms with Crippen molar-refractivity contribution in [2.45, 2.75) is 18.3 Å². The number of ether oxygens (including phenoxy) is 1. The maximum absolute atomic E-state index is 13.2. The lowest BCUT2D eigenvalue weighted by atomic mass is 10.3. The highest BCUT2D eigenvalue weighted by Gasteiger charge is 2.16. The van der Waals surface area contributed by atoms with Crippen LogP contribution in [0.3, 0.4) is 0 Å². The first-order chi connectivity index (χ1) is 15.3. The lowest BCUT2D eigenvalue weighted by Crippen LogP contribution is -2.15. The number of nitrogens with zero attached hydrogens (tertiary/aromatic N) is 3. The molecule has 1 amide bonds. The van der Waals surface area contributed by atoms with E-state index in [1.807, 2.05) is 0 Å². The van der Waals surface area contributed by atoms with Crippen molar-refractivity contribution < 1.29 is 13.9 Å². The van der Waals surface area contributed by atoms with Gasteiger partial charge in [0.05, 0.1) is 31.5 Å². The van der Waals surface area contributed by atoms with E-state index in [2.05, 4.69) is 22.1 Å². The molecule has 0 fully saturated rings. The monoisotopic (exact) mass is 534 g/mol. The van der Waals surface area contributed by atoms with E-state index in [1.165, 1.54) is 36.0 Å². The summed E-state index contributed by atoms with van der Waals surface area (Å²) in [6.07, 6.45) is 1.66. The summed E-state index contributed by atoms with van der Waals surface area (Å²) in [5.74, 6) is 0.0564. The zero-order valence-corrected chi connectivity index (χ0v) is 20.1. The van der Waals surface area contributed by atoms with Crippen LogP contribution in [0.5, 0.6) is 5.75 Å². The Kier molecular flexibility index (Phi) is 8.67. The second kappa shape index (κ2) is 11.2. The highest BCUT2D eigenvalue weighted by atomic mass is 35.5. The van der Waals surface area contributed by atoms with E-state index in [0.717, 1.165) is 6.07 Å². The first-order valence-corrected chi connectivity index (χ1v) is 11.5. The van der Waals surface area contributed by atoms with Gasteiger partial charge in [0.1, 0.15) is 18.2 Å². The third-order valence-electron chi connectivity index (χ3n) is 3.97. The number of benzene rings is 2. The van der Waals surface area contributed by atoms with Crippen LogP contribution in [0.2, 0.25) is 20.1 Å². The normalized spacial score (nSPS) is 10.8. The Morgan fingerprint density at radius 1 is 1.12 bits per heavy atom. The average molecular weight is 536 g/mol. The quantitative estimate of drug-likeness (QED) is 0.192. The molecule has 6 nitrogen and oxygen atoms in total. The summed E-state index contributed by atoms with van der Waals surface area (Å²) < 4.78 is 20.6. The molecule has 0 saturated heterocycles. The van der Waals surface area contributed by atoms with Gasteiger partial charge in [-0.05, 0) is 30.3 Å². The molecule has 1 aromatic heterocycles. The van der Waals surface area contributed by atoms with Crippen molar-refractivity contribution in [1.82, 2.24) is 14.8 Å². The SMILES string of the molecule is C=CCn1c(COc2ccc(F)cc2Cl)nnc1SCC(=O)Nc1cc(Cl)c(Cl)cc1Cl. The van der Waals surface area contributed by atoms with E-state index in [4.69, 9.17) is 51.1 Å². The number of amides is 1. The summed E-state index contributed by atoms with van der Waals surface area (Å²) in [5.41, 5.74) is 0.351. The van der Waals surface area contributed by atoms with Crippen LogP contribution in [0.25, 0.3) is 0 Å². The van der Waals surface area contributed by atoms with Gasteiger partial charge >= 0.3 is 0 Å². The van der Waals surface area contributed by atoms with Crippen molar-refractivity contribution in [1.29, 1.82) is 0 Å². The van der Waals surface area contributed by atoms with Crippen LogP contribution in [-0.2, 0) is 17.9 Å². The van der Waals surface area contributed by atoms with Crippen LogP contribution in [0.1, 0.15) is 5.82 Å². The van der Waals surface area contributed by atoms with E-state index in [0.29, 0.717) is 34.0 Å². The summed E-state index contributed by atoms with van der Waals surface area (Å²) in [7, 11) is 0. The molecule has 2 aromatic carbocycles. The maximum atomic E-state index is 13.2. The molecule has 0 bridgehead atoms. The van der Waals surface area contributed by atoms with Crippen molar-refractivity contribution in [2.24, 2.45) is 0 Å². The Morgan fingerprint density at radius 2 is 1.88 bits per heavy atom. The fraction of sp³-hybridized carbons (Fsp3) is 0.150. The van der Waals surface area contributed by atoms with Crippen molar-refractivity contribution in [3.8, 4) is 5.75 Å². The van der Waals surface area contributed by atoms with E-state index in [1.54, 1.807) is 10.6 Å². The number of carbonyl (C=O) groups is 1. The van der Waals surface area contributed by atoms with Crippen LogP contribution in [0, 0.1) is 5.82 Å². The molecule has 32 heavy (non-hydrogen) atoms. The highest BCUT2D eigenvalue weighted by Crippen LogP contribution is 2.32. The number of hydrogen-bond donors (Lipinski definition) is 1. The van der Waals surface area contributed by atoms with Crippen LogP contribution < -0.4 is 10.1 Å². The minimum atomic E-state index is -0.462. The third kappa shape index (κ3) is 6.30. The molecule has 0 spiro atoms. The Balaban J connectivity index is 1.65. The van der Waals surface area contributed by atoms with Crippen LogP contribution in [-0.4, -0.2) is 26.4 Å². The summed E-state index contributed by atoms with van der Waals surface area (Å²) in [5, 5.41) is 12.4. The molecule has 1 N–H and O–H groups in total. The van der Waals surface area contributed by atoms with Crippen molar-refractivity contribution in [2.75, 3.05) is 11.1 Å². The number of thioether (sulfide) groups is 1. The number of carbonyl (C=O) groups excluding carboxylic acids is 1. The number of aromatic nitrogens is 3. The van der Waals surface area contributed by atoms with Gasteiger partial charge < -0.3 is 10.1 Å². The molecule has 0 unspecified atom stereocenters. The fourth-order valence-electron chi connectivity index (χ4n) is 2.51. The van der Waals surface area contributed by atoms with Gasteiger partial charge in [0.25, 0.3) is 0 Å². The van der Waals surface area contributed by atoms with Crippen molar-refractivity contribution in [3.05, 3.63) is 74.7 Å². The van der Waals surface area contributed by atoms with Crippen molar-refractivity contribution in [3.63, 3.8) is 0 Å². The predicted molar refractivity (Wildman–Crippen MR) is 127 cm³/mol. The molecule has 0 atom stereocenters. The fourth-order valence-corrected chi connectivity index (χ4v) is 4.10. The standard InChI is InChI=1S/C20H15Cl4FN4O2S/c1-2-5-29-18(9-31-17-4-3-11(25)6-15(17)24)27-28-20(29)32-10-19(30)26-16-8-13(22)12(21)7-14(16)23/h2-4,6-8H,1,5,9-10H2,(H,26,30). The number of allylic oxidation sites excluding steroid dienone is 1. The average Bonchev–Trinajstić information content (AvgIpc) is 3.12. The number of halogens is 5. The summed E-state index contributed by atoms with van der Waals surface area (Å²) >= 11 is 25.1. The maximum Gasteiger partial charge on any atom is 0.234 e. The molecule has 0 aliphatic rings. The Labute approximate surface area is 207 Å². The van der Waals surface area contributed by atoms with Gasteiger partial charge in [0.15, 0.2) is 11.0 Å². The molecule has 0 aliphatic carbocycles. The zero-order valence-electron chi connectivity index (χ0n) is 16.2. The molecule has 0 radical (unpaired) electrons. The Bertz CT molecular complexity index is 1160. The van der Waals surface area contributed by atoms with Gasteiger partial charge in [-0.2, -0.15) is 0 Å². The van der Waals surface area contributed by atoms with Gasteiger partial charge in [0.2, 0.25) is 5.91 Å². The topological polar surface area (TPSA) is 69.0 Å². The highest BCUT2D eigenvalue weighted by molar-refractivity contribution is 7.99. The summed E-state index contributed by atoms with van der Waals surface area (Å²) in [4.78, 5) is 12.4. The number of hydrogen-bond acceptors (Lipinski definition) is 5. The molecular weight excluding hydrogens is 521 g/mol. The molecule has 0 aliphatic heterocycles. The molecular formula is C20H15Cl4FN4O2S. The Hall–Kier alpha value is -1.97. The van der Waals surface area contributed by atoms with Gasteiger partial charge in [-0.15, -0.1) is 16.8 Å². The van der Waals surface area contributed by atoms with Gasteiger partial charge in [0, 0.05) is 6.54 Å². The number of rotatable bonds is 9. The van der Waals surface area contributed by atoms with E-state index >= 15 is 0 Å². The van der Waals surface area contributed by atoms with Gasteiger partial charge in [-0.1, -0.05) is 64.2 Å². The van der Waals surface area contributed by atoms with Crippen LogP contribution in [0.15, 0.2) is 48.1 Å². The smallest absolute Gasteiger partial charge is 0.234 e. The first kappa shape index (κ1) is 24.7. The van der Waals surface area contributed by atoms with Gasteiger partial charge in [-0.3, -0.25) is 9.36 Å². The van der Waals surface area contributed by atoms with Gasteiger partial charge in [-0.25, -0.2) is 4.39 Å². The molecule has 168 valence electrons.